The average Bonchev–Trinajstić information content (AvgIpc) is 3.01. The van der Waals surface area contributed by atoms with Crippen molar-refractivity contribution in [1.29, 1.82) is 0 Å². The van der Waals surface area contributed by atoms with Gasteiger partial charge in [0, 0.05) is 19.6 Å². The molecule has 1 N–H and O–H groups in total. The molecule has 1 aromatic carbocycles. The van der Waals surface area contributed by atoms with Gasteiger partial charge in [0.15, 0.2) is 5.82 Å². The lowest BCUT2D eigenvalue weighted by atomic mass is 10.0. The average molecular weight is 344 g/mol. The molecule has 8 heteroatoms. The molecule has 1 aromatic heterocycles. The van der Waals surface area contributed by atoms with Crippen LogP contribution in [0.25, 0.3) is 0 Å². The summed E-state index contributed by atoms with van der Waals surface area (Å²) < 4.78 is 12.7. The third-order valence-electron chi connectivity index (χ3n) is 4.95. The molecule has 0 saturated carbocycles. The van der Waals surface area contributed by atoms with Crippen LogP contribution in [0.4, 0.5) is 0 Å². The normalized spacial score (nSPS) is 22.9. The Bertz CT molecular complexity index is 889. The van der Waals surface area contributed by atoms with Crippen molar-refractivity contribution in [1.82, 2.24) is 19.7 Å². The molecule has 0 bridgehead atoms. The highest BCUT2D eigenvalue weighted by Gasteiger charge is 2.43. The Morgan fingerprint density at radius 2 is 2.08 bits per heavy atom. The number of nitrogens with zero attached hydrogens (tertiary/aromatic N) is 3. The van der Waals surface area contributed by atoms with Crippen molar-refractivity contribution in [2.24, 2.45) is 0 Å². The van der Waals surface area contributed by atoms with Gasteiger partial charge in [-0.15, -0.1) is 0 Å². The fourth-order valence-electron chi connectivity index (χ4n) is 3.59. The van der Waals surface area contributed by atoms with E-state index in [1.165, 1.54) is 10.1 Å². The zero-order valence-corrected chi connectivity index (χ0v) is 14.0. The Morgan fingerprint density at radius 3 is 2.84 bits per heavy atom. The van der Waals surface area contributed by atoms with E-state index in [0.717, 1.165) is 31.8 Å². The fraction of sp³-hybridized carbons (Fsp3) is 0.471. The molecular weight excluding hydrogens is 324 g/mol. The standard InChI is InChI=1S/C17H20N4O4/c1-24-13-4-2-12(3-5-13)8-20-7-6-17(10-20)11-21-14(9-25-17)18-19-15(22)16(21)23/h2-5H,6-11H2,1H3,(H,19,22). The summed E-state index contributed by atoms with van der Waals surface area (Å²) in [4.78, 5) is 25.9. The number of rotatable bonds is 3. The van der Waals surface area contributed by atoms with Crippen LogP contribution in [-0.2, 0) is 24.4 Å². The molecule has 1 saturated heterocycles. The van der Waals surface area contributed by atoms with E-state index >= 15 is 0 Å². The Balaban J connectivity index is 1.49. The number of hydrogen-bond acceptors (Lipinski definition) is 6. The van der Waals surface area contributed by atoms with Gasteiger partial charge in [0.05, 0.1) is 13.7 Å². The summed E-state index contributed by atoms with van der Waals surface area (Å²) in [6.07, 6.45) is 0.821. The number of likely N-dealkylation sites (tertiary alicyclic amines) is 1. The zero-order chi connectivity index (χ0) is 17.4. The van der Waals surface area contributed by atoms with Crippen LogP contribution in [0.3, 0.4) is 0 Å². The lowest BCUT2D eigenvalue weighted by Gasteiger charge is -2.34. The first kappa shape index (κ1) is 16.0. The minimum Gasteiger partial charge on any atom is -0.497 e. The second-order valence-corrected chi connectivity index (χ2v) is 6.64. The van der Waals surface area contributed by atoms with Crippen molar-refractivity contribution >= 4 is 0 Å². The monoisotopic (exact) mass is 344 g/mol. The highest BCUT2D eigenvalue weighted by atomic mass is 16.5. The lowest BCUT2D eigenvalue weighted by molar-refractivity contribution is -0.0853. The smallest absolute Gasteiger partial charge is 0.330 e. The second kappa shape index (κ2) is 6.12. The molecule has 0 amide bonds. The number of aromatic amines is 1. The van der Waals surface area contributed by atoms with Gasteiger partial charge >= 0.3 is 11.1 Å². The summed E-state index contributed by atoms with van der Waals surface area (Å²) in [6.45, 7) is 3.02. The van der Waals surface area contributed by atoms with Gasteiger partial charge in [-0.05, 0) is 24.1 Å². The van der Waals surface area contributed by atoms with Crippen LogP contribution in [0.1, 0.15) is 17.8 Å². The molecule has 1 spiro atoms. The SMILES string of the molecule is COc1ccc(CN2CCC3(C2)Cn2c(n[nH]c(=O)c2=O)CO3)cc1. The van der Waals surface area contributed by atoms with Crippen molar-refractivity contribution < 1.29 is 9.47 Å². The summed E-state index contributed by atoms with van der Waals surface area (Å²) in [6, 6.07) is 8.00. The van der Waals surface area contributed by atoms with Crippen molar-refractivity contribution in [2.45, 2.75) is 31.7 Å². The first-order valence-electron chi connectivity index (χ1n) is 8.26. The number of nitrogens with one attached hydrogen (secondary N) is 1. The molecule has 25 heavy (non-hydrogen) atoms. The quantitative estimate of drug-likeness (QED) is 0.796. The molecule has 1 atom stereocenters. The zero-order valence-electron chi connectivity index (χ0n) is 14.0. The van der Waals surface area contributed by atoms with Crippen LogP contribution in [0.5, 0.6) is 5.75 Å². The third kappa shape index (κ3) is 2.98. The first-order chi connectivity index (χ1) is 12.1. The van der Waals surface area contributed by atoms with Crippen LogP contribution in [-0.4, -0.2) is 45.5 Å². The van der Waals surface area contributed by atoms with Crippen LogP contribution in [0.2, 0.25) is 0 Å². The number of benzene rings is 1. The van der Waals surface area contributed by atoms with Gasteiger partial charge in [-0.3, -0.25) is 19.1 Å². The Labute approximate surface area is 144 Å². The summed E-state index contributed by atoms with van der Waals surface area (Å²) >= 11 is 0. The molecule has 3 heterocycles. The van der Waals surface area contributed by atoms with Gasteiger partial charge in [0.25, 0.3) is 0 Å². The molecule has 8 nitrogen and oxygen atoms in total. The highest BCUT2D eigenvalue weighted by molar-refractivity contribution is 5.27. The molecular formula is C17H20N4O4. The van der Waals surface area contributed by atoms with Crippen LogP contribution in [0, 0.1) is 0 Å². The van der Waals surface area contributed by atoms with E-state index in [1.54, 1.807) is 7.11 Å². The van der Waals surface area contributed by atoms with E-state index in [1.807, 2.05) is 12.1 Å². The van der Waals surface area contributed by atoms with Gasteiger partial charge < -0.3 is 9.47 Å². The van der Waals surface area contributed by atoms with Crippen molar-refractivity contribution in [2.75, 3.05) is 20.2 Å². The molecule has 2 aliphatic heterocycles. The molecule has 0 aliphatic carbocycles. The van der Waals surface area contributed by atoms with Crippen LogP contribution < -0.4 is 15.9 Å². The Morgan fingerprint density at radius 1 is 1.28 bits per heavy atom. The minimum atomic E-state index is -0.686. The molecule has 132 valence electrons. The van der Waals surface area contributed by atoms with E-state index < -0.39 is 16.7 Å². The van der Waals surface area contributed by atoms with E-state index in [4.69, 9.17) is 9.47 Å². The maximum Gasteiger partial charge on any atom is 0.330 e. The number of H-pyrrole nitrogens is 1. The van der Waals surface area contributed by atoms with Crippen molar-refractivity contribution in [3.8, 4) is 5.75 Å². The van der Waals surface area contributed by atoms with Gasteiger partial charge in [-0.25, -0.2) is 5.10 Å². The van der Waals surface area contributed by atoms with Crippen LogP contribution >= 0.6 is 0 Å². The predicted molar refractivity (Wildman–Crippen MR) is 89.5 cm³/mol. The second-order valence-electron chi connectivity index (χ2n) is 6.64. The predicted octanol–water partition coefficient (Wildman–Crippen LogP) is 0.115. The summed E-state index contributed by atoms with van der Waals surface area (Å²) in [5, 5.41) is 6.13. The molecule has 2 aromatic rings. The van der Waals surface area contributed by atoms with Gasteiger partial charge in [0.2, 0.25) is 0 Å². The van der Waals surface area contributed by atoms with Gasteiger partial charge in [0.1, 0.15) is 18.0 Å². The summed E-state index contributed by atoms with van der Waals surface area (Å²) in [5.41, 5.74) is -0.474. The Hall–Kier alpha value is -2.45. The maximum absolute atomic E-state index is 12.1. The number of methoxy groups -OCH3 is 1. The van der Waals surface area contributed by atoms with E-state index in [-0.39, 0.29) is 6.61 Å². The summed E-state index contributed by atoms with van der Waals surface area (Å²) in [5.74, 6) is 1.31. The molecule has 1 unspecified atom stereocenters. The van der Waals surface area contributed by atoms with Crippen LogP contribution in [0.15, 0.2) is 33.9 Å². The van der Waals surface area contributed by atoms with E-state index in [0.29, 0.717) is 12.4 Å². The van der Waals surface area contributed by atoms with Crippen molar-refractivity contribution in [3.63, 3.8) is 0 Å². The number of aromatic nitrogens is 3. The largest absolute Gasteiger partial charge is 0.497 e. The van der Waals surface area contributed by atoms with E-state index in [9.17, 15) is 9.59 Å². The minimum absolute atomic E-state index is 0.238. The summed E-state index contributed by atoms with van der Waals surface area (Å²) in [7, 11) is 1.65. The fourth-order valence-corrected chi connectivity index (χ4v) is 3.59. The van der Waals surface area contributed by atoms with E-state index in [2.05, 4.69) is 27.2 Å². The molecule has 1 fully saturated rings. The highest BCUT2D eigenvalue weighted by Crippen LogP contribution is 2.31. The number of hydrogen-bond donors (Lipinski definition) is 1. The molecule has 4 rings (SSSR count). The molecule has 2 aliphatic rings. The number of ether oxygens (including phenoxy) is 2. The third-order valence-corrected chi connectivity index (χ3v) is 4.95. The Kier molecular flexibility index (Phi) is 3.93. The first-order valence-corrected chi connectivity index (χ1v) is 8.26. The van der Waals surface area contributed by atoms with Gasteiger partial charge in [-0.2, -0.15) is 5.10 Å². The lowest BCUT2D eigenvalue weighted by Crippen LogP contribution is -2.51. The molecule has 0 radical (unpaired) electrons. The maximum atomic E-state index is 12.1. The topological polar surface area (TPSA) is 89.5 Å². The van der Waals surface area contributed by atoms with Gasteiger partial charge in [-0.1, -0.05) is 12.1 Å². The van der Waals surface area contributed by atoms with Crippen molar-refractivity contribution in [3.05, 3.63) is 56.4 Å². The number of fused-ring (bicyclic) bond motifs is 1.